The van der Waals surface area contributed by atoms with E-state index in [-0.39, 0.29) is 11.4 Å². The quantitative estimate of drug-likeness (QED) is 0.681. The first-order valence-corrected chi connectivity index (χ1v) is 6.24. The maximum Gasteiger partial charge on any atom is 0.311 e. The van der Waals surface area contributed by atoms with Crippen LogP contribution in [0.5, 0.6) is 11.5 Å². The van der Waals surface area contributed by atoms with Crippen LogP contribution in [0.4, 0.5) is 5.69 Å². The molecule has 0 amide bonds. The number of ether oxygens (including phenoxy) is 1. The molecular formula is C15H15NO4. The number of hydrogen-bond acceptors (Lipinski definition) is 4. The number of nitro benzene ring substituents is 1. The van der Waals surface area contributed by atoms with Gasteiger partial charge in [0, 0.05) is 6.07 Å². The van der Waals surface area contributed by atoms with Crippen LogP contribution in [0.25, 0.3) is 11.1 Å². The Morgan fingerprint density at radius 1 is 1.25 bits per heavy atom. The number of rotatable bonds is 4. The minimum atomic E-state index is -0.595. The fourth-order valence-corrected chi connectivity index (χ4v) is 2.05. The summed E-state index contributed by atoms with van der Waals surface area (Å²) in [6.45, 7) is 4.41. The Morgan fingerprint density at radius 3 is 2.60 bits per heavy atom. The highest BCUT2D eigenvalue weighted by molar-refractivity contribution is 5.72. The first kappa shape index (κ1) is 13.9. The summed E-state index contributed by atoms with van der Waals surface area (Å²) < 4.78 is 5.41. The average molecular weight is 273 g/mol. The van der Waals surface area contributed by atoms with Gasteiger partial charge in [0.15, 0.2) is 5.75 Å². The van der Waals surface area contributed by atoms with E-state index in [1.165, 1.54) is 12.1 Å². The van der Waals surface area contributed by atoms with Crippen molar-refractivity contribution in [2.45, 2.75) is 13.8 Å². The SMILES string of the molecule is CCOc1ccc(-c2ccc(O)c([N+](=O)[O-])c2)c(C)c1. The number of nitro groups is 1. The van der Waals surface area contributed by atoms with Gasteiger partial charge in [-0.2, -0.15) is 0 Å². The van der Waals surface area contributed by atoms with E-state index in [0.29, 0.717) is 12.2 Å². The van der Waals surface area contributed by atoms with Crippen molar-refractivity contribution in [2.24, 2.45) is 0 Å². The summed E-state index contributed by atoms with van der Waals surface area (Å²) in [7, 11) is 0. The Hall–Kier alpha value is -2.56. The van der Waals surface area contributed by atoms with Gasteiger partial charge in [0.05, 0.1) is 11.5 Å². The largest absolute Gasteiger partial charge is 0.502 e. The summed E-state index contributed by atoms with van der Waals surface area (Å²) >= 11 is 0. The van der Waals surface area contributed by atoms with Crippen LogP contribution in [0.15, 0.2) is 36.4 Å². The van der Waals surface area contributed by atoms with Gasteiger partial charge in [0.2, 0.25) is 0 Å². The molecule has 2 rings (SSSR count). The van der Waals surface area contributed by atoms with Gasteiger partial charge in [-0.15, -0.1) is 0 Å². The molecule has 2 aromatic rings. The summed E-state index contributed by atoms with van der Waals surface area (Å²) in [6.07, 6.45) is 0. The van der Waals surface area contributed by atoms with Gasteiger partial charge in [-0.1, -0.05) is 12.1 Å². The standard InChI is InChI=1S/C15H15NO4/c1-3-20-12-5-6-13(10(2)8-12)11-4-7-15(17)14(9-11)16(18)19/h4-9,17H,3H2,1-2H3. The minimum Gasteiger partial charge on any atom is -0.502 e. The Labute approximate surface area is 116 Å². The van der Waals surface area contributed by atoms with E-state index >= 15 is 0 Å². The zero-order valence-electron chi connectivity index (χ0n) is 11.3. The highest BCUT2D eigenvalue weighted by Crippen LogP contribution is 2.33. The molecule has 0 aliphatic rings. The van der Waals surface area contributed by atoms with Crippen LogP contribution in [0.1, 0.15) is 12.5 Å². The van der Waals surface area contributed by atoms with Crippen molar-refractivity contribution in [1.82, 2.24) is 0 Å². The fourth-order valence-electron chi connectivity index (χ4n) is 2.05. The Bertz CT molecular complexity index is 652. The molecule has 0 atom stereocenters. The van der Waals surface area contributed by atoms with Gasteiger partial charge in [-0.05, 0) is 48.7 Å². The van der Waals surface area contributed by atoms with E-state index in [9.17, 15) is 15.2 Å². The molecule has 0 aliphatic carbocycles. The summed E-state index contributed by atoms with van der Waals surface area (Å²) in [5, 5.41) is 20.3. The molecule has 0 fully saturated rings. The maximum absolute atomic E-state index is 10.9. The van der Waals surface area contributed by atoms with Crippen LogP contribution in [0.3, 0.4) is 0 Å². The minimum absolute atomic E-state index is 0.296. The molecular weight excluding hydrogens is 258 g/mol. The molecule has 0 saturated heterocycles. The maximum atomic E-state index is 10.9. The normalized spacial score (nSPS) is 10.3. The van der Waals surface area contributed by atoms with Gasteiger partial charge in [-0.25, -0.2) is 0 Å². The molecule has 104 valence electrons. The smallest absolute Gasteiger partial charge is 0.311 e. The molecule has 0 bridgehead atoms. The van der Waals surface area contributed by atoms with E-state index in [4.69, 9.17) is 4.74 Å². The van der Waals surface area contributed by atoms with Crippen molar-refractivity contribution in [3.63, 3.8) is 0 Å². The molecule has 0 aromatic heterocycles. The number of aryl methyl sites for hydroxylation is 1. The summed E-state index contributed by atoms with van der Waals surface area (Å²) in [5.41, 5.74) is 2.22. The lowest BCUT2D eigenvalue weighted by atomic mass is 9.99. The first-order chi connectivity index (χ1) is 9.52. The molecule has 5 heteroatoms. The van der Waals surface area contributed by atoms with Crippen molar-refractivity contribution in [1.29, 1.82) is 0 Å². The second-order valence-electron chi connectivity index (χ2n) is 4.37. The van der Waals surface area contributed by atoms with E-state index in [1.807, 2.05) is 32.0 Å². The third-order valence-electron chi connectivity index (χ3n) is 2.99. The summed E-state index contributed by atoms with van der Waals surface area (Å²) in [4.78, 5) is 10.3. The first-order valence-electron chi connectivity index (χ1n) is 6.24. The molecule has 0 unspecified atom stereocenters. The van der Waals surface area contributed by atoms with E-state index in [1.54, 1.807) is 6.07 Å². The number of benzene rings is 2. The number of nitrogens with zero attached hydrogens (tertiary/aromatic N) is 1. The van der Waals surface area contributed by atoms with Gasteiger partial charge >= 0.3 is 5.69 Å². The van der Waals surface area contributed by atoms with Crippen LogP contribution >= 0.6 is 0 Å². The lowest BCUT2D eigenvalue weighted by molar-refractivity contribution is -0.385. The number of hydrogen-bond donors (Lipinski definition) is 1. The predicted molar refractivity (Wildman–Crippen MR) is 76.1 cm³/mol. The van der Waals surface area contributed by atoms with Crippen LogP contribution in [-0.4, -0.2) is 16.6 Å². The Kier molecular flexibility index (Phi) is 3.89. The van der Waals surface area contributed by atoms with Crippen LogP contribution in [-0.2, 0) is 0 Å². The Morgan fingerprint density at radius 2 is 2.00 bits per heavy atom. The molecule has 0 aliphatic heterocycles. The topological polar surface area (TPSA) is 72.6 Å². The molecule has 1 N–H and O–H groups in total. The summed E-state index contributed by atoms with van der Waals surface area (Å²) in [6, 6.07) is 9.94. The van der Waals surface area contributed by atoms with Gasteiger partial charge in [0.25, 0.3) is 0 Å². The van der Waals surface area contributed by atoms with Gasteiger partial charge < -0.3 is 9.84 Å². The van der Waals surface area contributed by atoms with Crippen molar-refractivity contribution in [2.75, 3.05) is 6.61 Å². The number of aromatic hydroxyl groups is 1. The molecule has 0 heterocycles. The van der Waals surface area contributed by atoms with Crippen molar-refractivity contribution >= 4 is 5.69 Å². The highest BCUT2D eigenvalue weighted by atomic mass is 16.6. The second kappa shape index (κ2) is 5.61. The molecule has 0 radical (unpaired) electrons. The van der Waals surface area contributed by atoms with Crippen molar-refractivity contribution in [3.05, 3.63) is 52.1 Å². The zero-order valence-corrected chi connectivity index (χ0v) is 11.3. The van der Waals surface area contributed by atoms with Crippen LogP contribution < -0.4 is 4.74 Å². The van der Waals surface area contributed by atoms with Crippen LogP contribution in [0, 0.1) is 17.0 Å². The van der Waals surface area contributed by atoms with Crippen LogP contribution in [0.2, 0.25) is 0 Å². The van der Waals surface area contributed by atoms with E-state index in [2.05, 4.69) is 0 Å². The predicted octanol–water partition coefficient (Wildman–Crippen LogP) is 3.67. The molecule has 0 spiro atoms. The van der Waals surface area contributed by atoms with E-state index < -0.39 is 4.92 Å². The van der Waals surface area contributed by atoms with Crippen molar-refractivity contribution < 1.29 is 14.8 Å². The monoisotopic (exact) mass is 273 g/mol. The highest BCUT2D eigenvalue weighted by Gasteiger charge is 2.15. The number of phenols is 1. The molecule has 2 aromatic carbocycles. The number of phenolic OH excluding ortho intramolecular Hbond substituents is 1. The molecule has 20 heavy (non-hydrogen) atoms. The lowest BCUT2D eigenvalue weighted by Gasteiger charge is -2.09. The third-order valence-corrected chi connectivity index (χ3v) is 2.99. The second-order valence-corrected chi connectivity index (χ2v) is 4.37. The molecule has 5 nitrogen and oxygen atoms in total. The van der Waals surface area contributed by atoms with E-state index in [0.717, 1.165) is 16.9 Å². The Balaban J connectivity index is 2.46. The van der Waals surface area contributed by atoms with Gasteiger partial charge in [0.1, 0.15) is 5.75 Å². The van der Waals surface area contributed by atoms with Crippen molar-refractivity contribution in [3.8, 4) is 22.6 Å². The van der Waals surface area contributed by atoms with Gasteiger partial charge in [-0.3, -0.25) is 10.1 Å². The third kappa shape index (κ3) is 2.71. The zero-order chi connectivity index (χ0) is 14.7. The lowest BCUT2D eigenvalue weighted by Crippen LogP contribution is -1.93. The fraction of sp³-hybridized carbons (Fsp3) is 0.200. The summed E-state index contributed by atoms with van der Waals surface area (Å²) in [5.74, 6) is 0.435. The average Bonchev–Trinajstić information content (AvgIpc) is 2.40. The molecule has 0 saturated carbocycles.